The molecule has 0 atom stereocenters. The van der Waals surface area contributed by atoms with Crippen LogP contribution < -0.4 is 10.5 Å². The van der Waals surface area contributed by atoms with E-state index in [4.69, 9.17) is 22.5 Å². The largest absolute Gasteiger partial charge is 0.393 e. The molecule has 18 heavy (non-hydrogen) atoms. The molecule has 0 fully saturated rings. The van der Waals surface area contributed by atoms with Gasteiger partial charge in [-0.2, -0.15) is 0 Å². The Kier molecular flexibility index (Phi) is 5.24. The molecule has 0 bridgehead atoms. The zero-order valence-corrected chi connectivity index (χ0v) is 12.0. The summed E-state index contributed by atoms with van der Waals surface area (Å²) in [4.78, 5) is 0.570. The van der Waals surface area contributed by atoms with Gasteiger partial charge in [-0.3, -0.25) is 0 Å². The lowest BCUT2D eigenvalue weighted by molar-refractivity contribution is 0.390. The van der Waals surface area contributed by atoms with E-state index < -0.39 is 10.0 Å². The number of hydrogen-bond donors (Lipinski definition) is 2. The number of hydrogen-bond acceptors (Lipinski definition) is 5. The van der Waals surface area contributed by atoms with E-state index in [0.29, 0.717) is 35.8 Å². The van der Waals surface area contributed by atoms with Gasteiger partial charge in [-0.25, -0.2) is 13.1 Å². The Labute approximate surface area is 112 Å². The molecule has 102 valence electrons. The Bertz CT molecular complexity index is 503. The lowest BCUT2D eigenvalue weighted by Crippen LogP contribution is -2.25. The van der Waals surface area contributed by atoms with Crippen LogP contribution >= 0.6 is 12.2 Å². The molecule has 0 aromatic carbocycles. The van der Waals surface area contributed by atoms with Gasteiger partial charge in [-0.1, -0.05) is 17.4 Å². The van der Waals surface area contributed by atoms with Crippen LogP contribution in [0.1, 0.15) is 30.7 Å². The third-order valence-corrected chi connectivity index (χ3v) is 4.29. The van der Waals surface area contributed by atoms with Gasteiger partial charge in [0, 0.05) is 6.54 Å². The zero-order valence-electron chi connectivity index (χ0n) is 10.4. The van der Waals surface area contributed by atoms with Gasteiger partial charge < -0.3 is 10.3 Å². The molecule has 0 radical (unpaired) electrons. The second kappa shape index (κ2) is 6.26. The molecule has 6 nitrogen and oxygen atoms in total. The van der Waals surface area contributed by atoms with Crippen molar-refractivity contribution >= 4 is 27.2 Å². The Morgan fingerprint density at radius 2 is 2.11 bits per heavy atom. The van der Waals surface area contributed by atoms with Crippen molar-refractivity contribution < 1.29 is 12.9 Å². The molecule has 0 aliphatic heterocycles. The number of nitrogens with zero attached hydrogens (tertiary/aromatic N) is 1. The van der Waals surface area contributed by atoms with Gasteiger partial charge in [-0.05, 0) is 33.1 Å². The van der Waals surface area contributed by atoms with Crippen molar-refractivity contribution in [2.45, 2.75) is 38.0 Å². The molecule has 0 saturated heterocycles. The van der Waals surface area contributed by atoms with Crippen molar-refractivity contribution in [1.29, 1.82) is 0 Å². The van der Waals surface area contributed by atoms with Crippen molar-refractivity contribution in [2.24, 2.45) is 5.73 Å². The average Bonchev–Trinajstić information content (AvgIpc) is 2.57. The summed E-state index contributed by atoms with van der Waals surface area (Å²) in [5.74, 6) is 0.295. The van der Waals surface area contributed by atoms with Crippen LogP contribution in [-0.4, -0.2) is 25.1 Å². The summed E-state index contributed by atoms with van der Waals surface area (Å²) in [6.45, 7) is 3.51. The van der Waals surface area contributed by atoms with Crippen LogP contribution in [-0.2, 0) is 10.0 Å². The minimum atomic E-state index is -3.55. The lowest BCUT2D eigenvalue weighted by atomic mass is 10.2. The molecule has 0 amide bonds. The Morgan fingerprint density at radius 1 is 1.44 bits per heavy atom. The van der Waals surface area contributed by atoms with E-state index in [-0.39, 0.29) is 4.90 Å². The van der Waals surface area contributed by atoms with Gasteiger partial charge in [0.15, 0.2) is 5.76 Å². The molecule has 0 aliphatic carbocycles. The van der Waals surface area contributed by atoms with Gasteiger partial charge in [0.1, 0.15) is 10.6 Å². The highest BCUT2D eigenvalue weighted by molar-refractivity contribution is 7.89. The smallest absolute Gasteiger partial charge is 0.245 e. The minimum absolute atomic E-state index is 0.122. The van der Waals surface area contributed by atoms with Crippen LogP contribution in [0, 0.1) is 13.8 Å². The molecular formula is C10H17N3O3S2. The van der Waals surface area contributed by atoms with E-state index in [0.717, 1.165) is 6.42 Å². The molecule has 1 rings (SSSR count). The van der Waals surface area contributed by atoms with Crippen molar-refractivity contribution in [1.82, 2.24) is 9.88 Å². The molecule has 0 unspecified atom stereocenters. The average molecular weight is 291 g/mol. The number of thiocarbonyl (C=S) groups is 1. The number of sulfonamides is 1. The van der Waals surface area contributed by atoms with Gasteiger partial charge in [-0.15, -0.1) is 0 Å². The first-order valence-corrected chi connectivity index (χ1v) is 7.44. The normalized spacial score (nSPS) is 11.7. The lowest BCUT2D eigenvalue weighted by Gasteiger charge is -2.05. The van der Waals surface area contributed by atoms with Crippen LogP contribution in [0.15, 0.2) is 9.42 Å². The number of unbranched alkanes of at least 4 members (excludes halogenated alkanes) is 1. The standard InChI is InChI=1S/C10H17N3O3S2/c1-7-10(8(2)16-13-7)18(14,15)12-6-4-3-5-9(11)17/h12H,3-6H2,1-2H3,(H2,11,17). The van der Waals surface area contributed by atoms with Crippen molar-refractivity contribution in [3.63, 3.8) is 0 Å². The van der Waals surface area contributed by atoms with Crippen molar-refractivity contribution in [2.75, 3.05) is 6.54 Å². The number of aryl methyl sites for hydroxylation is 2. The summed E-state index contributed by atoms with van der Waals surface area (Å²) in [5, 5.41) is 3.62. The summed E-state index contributed by atoms with van der Waals surface area (Å²) in [6.07, 6.45) is 2.07. The van der Waals surface area contributed by atoms with E-state index in [2.05, 4.69) is 9.88 Å². The predicted molar refractivity (Wildman–Crippen MR) is 71.8 cm³/mol. The maximum absolute atomic E-state index is 12.0. The number of nitrogens with two attached hydrogens (primary N) is 1. The number of aromatic nitrogens is 1. The second-order valence-corrected chi connectivity index (χ2v) is 6.20. The quantitative estimate of drug-likeness (QED) is 0.575. The summed E-state index contributed by atoms with van der Waals surface area (Å²) in [5.41, 5.74) is 5.71. The topological polar surface area (TPSA) is 98.2 Å². The van der Waals surface area contributed by atoms with Crippen LogP contribution in [0.3, 0.4) is 0 Å². The van der Waals surface area contributed by atoms with Crippen LogP contribution in [0.5, 0.6) is 0 Å². The van der Waals surface area contributed by atoms with Crippen LogP contribution in [0.2, 0.25) is 0 Å². The first-order valence-electron chi connectivity index (χ1n) is 5.55. The van der Waals surface area contributed by atoms with Crippen LogP contribution in [0.25, 0.3) is 0 Å². The molecule has 8 heteroatoms. The number of rotatable bonds is 7. The van der Waals surface area contributed by atoms with Gasteiger partial charge in [0.05, 0.1) is 4.99 Å². The Morgan fingerprint density at radius 3 is 2.61 bits per heavy atom. The molecule has 1 aromatic heterocycles. The first-order chi connectivity index (χ1) is 8.34. The van der Waals surface area contributed by atoms with Crippen molar-refractivity contribution in [3.05, 3.63) is 11.5 Å². The predicted octanol–water partition coefficient (Wildman–Crippen LogP) is 1.03. The highest BCUT2D eigenvalue weighted by atomic mass is 32.2. The highest BCUT2D eigenvalue weighted by Crippen LogP contribution is 2.18. The molecule has 3 N–H and O–H groups in total. The van der Waals surface area contributed by atoms with Gasteiger partial charge in [0.2, 0.25) is 10.0 Å². The highest BCUT2D eigenvalue weighted by Gasteiger charge is 2.23. The third-order valence-electron chi connectivity index (χ3n) is 2.38. The van der Waals surface area contributed by atoms with E-state index in [9.17, 15) is 8.42 Å². The van der Waals surface area contributed by atoms with Crippen molar-refractivity contribution in [3.8, 4) is 0 Å². The van der Waals surface area contributed by atoms with Gasteiger partial charge >= 0.3 is 0 Å². The summed E-state index contributed by atoms with van der Waals surface area (Å²) < 4.78 is 31.3. The molecule has 0 aliphatic rings. The monoisotopic (exact) mass is 291 g/mol. The maximum Gasteiger partial charge on any atom is 0.245 e. The van der Waals surface area contributed by atoms with E-state index in [1.807, 2.05) is 0 Å². The number of nitrogens with one attached hydrogen (secondary N) is 1. The fraction of sp³-hybridized carbons (Fsp3) is 0.600. The second-order valence-electron chi connectivity index (χ2n) is 3.97. The summed E-state index contributed by atoms with van der Waals surface area (Å²) in [6, 6.07) is 0. The third kappa shape index (κ3) is 4.04. The summed E-state index contributed by atoms with van der Waals surface area (Å²) >= 11 is 4.74. The Hall–Kier alpha value is -0.990. The van der Waals surface area contributed by atoms with Gasteiger partial charge in [0.25, 0.3) is 0 Å². The SMILES string of the molecule is Cc1noc(C)c1S(=O)(=O)NCCCCC(N)=S. The maximum atomic E-state index is 12.0. The zero-order chi connectivity index (χ0) is 13.8. The minimum Gasteiger partial charge on any atom is -0.393 e. The molecule has 0 spiro atoms. The summed E-state index contributed by atoms with van der Waals surface area (Å²) in [7, 11) is -3.55. The van der Waals surface area contributed by atoms with E-state index in [1.54, 1.807) is 13.8 Å². The van der Waals surface area contributed by atoms with Crippen LogP contribution in [0.4, 0.5) is 0 Å². The fourth-order valence-corrected chi connectivity index (χ4v) is 3.10. The molecular weight excluding hydrogens is 274 g/mol. The molecule has 1 aromatic rings. The Balaban J connectivity index is 2.54. The fourth-order valence-electron chi connectivity index (χ4n) is 1.56. The first kappa shape index (κ1) is 15.1. The van der Waals surface area contributed by atoms with E-state index >= 15 is 0 Å². The molecule has 1 heterocycles. The van der Waals surface area contributed by atoms with E-state index in [1.165, 1.54) is 0 Å². The molecule has 0 saturated carbocycles.